The van der Waals surface area contributed by atoms with Gasteiger partial charge in [0.1, 0.15) is 5.75 Å². The molecule has 3 N–H and O–H groups in total. The van der Waals surface area contributed by atoms with Crippen LogP contribution in [0.15, 0.2) is 32.7 Å². The number of pyridine rings is 1. The smallest absolute Gasteiger partial charge is 0.362 e. The van der Waals surface area contributed by atoms with E-state index in [1.807, 2.05) is 11.9 Å². The summed E-state index contributed by atoms with van der Waals surface area (Å²) in [5, 5.41) is 12.6. The maximum Gasteiger partial charge on any atom is 0.362 e. The molecule has 0 fully saturated rings. The molecule has 0 saturated heterocycles. The maximum absolute atomic E-state index is 12.1. The monoisotopic (exact) mass is 464 g/mol. The van der Waals surface area contributed by atoms with Gasteiger partial charge < -0.3 is 14.8 Å². The van der Waals surface area contributed by atoms with Crippen LogP contribution >= 0.6 is 23.2 Å². The van der Waals surface area contributed by atoms with Gasteiger partial charge in [-0.05, 0) is 30.9 Å². The fourth-order valence-electron chi connectivity index (χ4n) is 3.53. The van der Waals surface area contributed by atoms with Crippen molar-refractivity contribution in [2.75, 3.05) is 0 Å². The van der Waals surface area contributed by atoms with Gasteiger partial charge in [-0.25, -0.2) is 9.59 Å². The molecule has 0 amide bonds. The summed E-state index contributed by atoms with van der Waals surface area (Å²) in [6.45, 7) is 1.96. The van der Waals surface area contributed by atoms with E-state index < -0.39 is 22.9 Å². The van der Waals surface area contributed by atoms with Gasteiger partial charge in [-0.15, -0.1) is 0 Å². The van der Waals surface area contributed by atoms with Gasteiger partial charge in [0.15, 0.2) is 5.75 Å². The minimum absolute atomic E-state index is 0.00488. The predicted octanol–water partition coefficient (Wildman–Crippen LogP) is 2.46. The van der Waals surface area contributed by atoms with Crippen LogP contribution in [0.5, 0.6) is 11.5 Å². The summed E-state index contributed by atoms with van der Waals surface area (Å²) in [4.78, 5) is 51.5. The number of aromatic amines is 2. The number of fused-ring (bicyclic) bond motifs is 1. The quantitative estimate of drug-likeness (QED) is 0.536. The van der Waals surface area contributed by atoms with E-state index in [1.54, 1.807) is 0 Å². The lowest BCUT2D eigenvalue weighted by atomic mass is 10.1. The lowest BCUT2D eigenvalue weighted by molar-refractivity contribution is 0.0685. The van der Waals surface area contributed by atoms with Crippen LogP contribution in [0.1, 0.15) is 40.9 Å². The number of rotatable bonds is 4. The zero-order valence-corrected chi connectivity index (χ0v) is 17.4. The molecule has 0 aliphatic heterocycles. The average molecular weight is 465 g/mol. The van der Waals surface area contributed by atoms with Gasteiger partial charge in [0.2, 0.25) is 5.69 Å². The first kappa shape index (κ1) is 20.9. The Bertz CT molecular complexity index is 1380. The van der Waals surface area contributed by atoms with E-state index in [0.29, 0.717) is 22.4 Å². The largest absolute Gasteiger partial charge is 0.476 e. The van der Waals surface area contributed by atoms with Crippen LogP contribution in [-0.4, -0.2) is 30.8 Å². The fourth-order valence-corrected chi connectivity index (χ4v) is 4.09. The van der Waals surface area contributed by atoms with Crippen LogP contribution in [0, 0.1) is 0 Å². The molecule has 160 valence electrons. The fraction of sp³-hybridized carbons (Fsp3) is 0.211. The SMILES string of the molecule is CC1CCc2c(Oc3c(Cl)cc(-n4nc(C(=O)O)c(=O)[nH]c4=O)cc3Cl)c[nH]c(=O)c21. The number of carboxylic acids is 1. The number of carboxylic acid groups (broad SMARTS) is 1. The molecular formula is C19H14Cl2N4O6. The molecular weight excluding hydrogens is 451 g/mol. The molecule has 0 spiro atoms. The highest BCUT2D eigenvalue weighted by atomic mass is 35.5. The first-order chi connectivity index (χ1) is 14.7. The second-order valence-corrected chi connectivity index (χ2v) is 7.79. The van der Waals surface area contributed by atoms with Gasteiger partial charge >= 0.3 is 11.7 Å². The Balaban J connectivity index is 1.78. The first-order valence-corrected chi connectivity index (χ1v) is 9.81. The van der Waals surface area contributed by atoms with E-state index in [0.717, 1.165) is 12.0 Å². The third-order valence-electron chi connectivity index (χ3n) is 4.99. The summed E-state index contributed by atoms with van der Waals surface area (Å²) in [6.07, 6.45) is 2.91. The number of hydrogen-bond acceptors (Lipinski definition) is 6. The van der Waals surface area contributed by atoms with Gasteiger partial charge in [-0.1, -0.05) is 30.1 Å². The molecule has 2 aromatic heterocycles. The summed E-state index contributed by atoms with van der Waals surface area (Å²) in [5.41, 5.74) is -1.69. The standard InChI is InChI=1S/C19H14Cl2N4O6/c1-7-2-3-9-12(6-22-16(26)13(7)9)31-15-10(20)4-8(5-11(15)21)25-19(30)23-17(27)14(24-25)18(28)29/h4-7H,2-3H2,1H3,(H,22,26)(H,28,29)(H,23,27,30). The van der Waals surface area contributed by atoms with Crippen molar-refractivity contribution >= 4 is 29.2 Å². The third kappa shape index (κ3) is 3.64. The Kier molecular flexibility index (Phi) is 5.19. The molecule has 1 atom stereocenters. The van der Waals surface area contributed by atoms with Crippen molar-refractivity contribution < 1.29 is 14.6 Å². The van der Waals surface area contributed by atoms with Gasteiger partial charge in [-0.2, -0.15) is 9.78 Å². The molecule has 2 heterocycles. The second-order valence-electron chi connectivity index (χ2n) is 6.98. The van der Waals surface area contributed by atoms with E-state index in [1.165, 1.54) is 18.3 Å². The number of benzene rings is 1. The number of carbonyl (C=O) groups is 1. The Hall–Kier alpha value is -3.37. The van der Waals surface area contributed by atoms with Crippen molar-refractivity contribution in [2.45, 2.75) is 25.7 Å². The van der Waals surface area contributed by atoms with E-state index in [2.05, 4.69) is 10.1 Å². The minimum Gasteiger partial charge on any atom is -0.476 e. The van der Waals surface area contributed by atoms with E-state index >= 15 is 0 Å². The molecule has 4 rings (SSSR count). The summed E-state index contributed by atoms with van der Waals surface area (Å²) >= 11 is 12.6. The van der Waals surface area contributed by atoms with Crippen LogP contribution < -0.4 is 21.5 Å². The van der Waals surface area contributed by atoms with Crippen molar-refractivity contribution in [3.8, 4) is 17.2 Å². The number of hydrogen-bond donors (Lipinski definition) is 3. The molecule has 1 aliphatic rings. The number of aromatic nitrogens is 4. The summed E-state index contributed by atoms with van der Waals surface area (Å²) in [5.74, 6) is -1.02. The van der Waals surface area contributed by atoms with E-state index in [-0.39, 0.29) is 33.0 Å². The minimum atomic E-state index is -1.60. The number of nitrogens with zero attached hydrogens (tertiary/aromatic N) is 2. The first-order valence-electron chi connectivity index (χ1n) is 9.06. The lowest BCUT2D eigenvalue weighted by Gasteiger charge is -2.14. The molecule has 0 bridgehead atoms. The normalized spacial score (nSPS) is 15.0. The molecule has 1 aliphatic carbocycles. The van der Waals surface area contributed by atoms with Crippen LogP contribution in [0.25, 0.3) is 5.69 Å². The highest BCUT2D eigenvalue weighted by Crippen LogP contribution is 2.42. The van der Waals surface area contributed by atoms with Crippen molar-refractivity contribution in [1.82, 2.24) is 19.7 Å². The van der Waals surface area contributed by atoms with E-state index in [4.69, 9.17) is 33.0 Å². The maximum atomic E-state index is 12.1. The molecule has 1 aromatic carbocycles. The highest BCUT2D eigenvalue weighted by Gasteiger charge is 2.26. The van der Waals surface area contributed by atoms with Gasteiger partial charge in [0.25, 0.3) is 11.1 Å². The van der Waals surface area contributed by atoms with Crippen LogP contribution in [0.2, 0.25) is 10.0 Å². The van der Waals surface area contributed by atoms with Crippen LogP contribution in [-0.2, 0) is 6.42 Å². The zero-order chi connectivity index (χ0) is 22.4. The number of nitrogens with one attached hydrogen (secondary N) is 2. The summed E-state index contributed by atoms with van der Waals surface area (Å²) in [6, 6.07) is 2.57. The number of ether oxygens (including phenoxy) is 1. The Morgan fingerprint density at radius 1 is 1.23 bits per heavy atom. The Morgan fingerprint density at radius 2 is 1.90 bits per heavy atom. The third-order valence-corrected chi connectivity index (χ3v) is 5.55. The number of halogens is 2. The Morgan fingerprint density at radius 3 is 2.55 bits per heavy atom. The Labute approximate surface area is 183 Å². The summed E-state index contributed by atoms with van der Waals surface area (Å²) in [7, 11) is 0. The lowest BCUT2D eigenvalue weighted by Crippen LogP contribution is -2.35. The molecule has 10 nitrogen and oxygen atoms in total. The second kappa shape index (κ2) is 7.71. The van der Waals surface area contributed by atoms with Gasteiger partial charge in [0, 0.05) is 17.3 Å². The van der Waals surface area contributed by atoms with Gasteiger partial charge in [-0.3, -0.25) is 14.6 Å². The van der Waals surface area contributed by atoms with Crippen molar-refractivity contribution in [1.29, 1.82) is 0 Å². The number of H-pyrrole nitrogens is 2. The topological polar surface area (TPSA) is 147 Å². The van der Waals surface area contributed by atoms with Crippen LogP contribution in [0.4, 0.5) is 0 Å². The van der Waals surface area contributed by atoms with Crippen molar-refractivity contribution in [3.63, 3.8) is 0 Å². The zero-order valence-electron chi connectivity index (χ0n) is 15.9. The average Bonchev–Trinajstić information content (AvgIpc) is 3.08. The van der Waals surface area contributed by atoms with Crippen LogP contribution in [0.3, 0.4) is 0 Å². The summed E-state index contributed by atoms with van der Waals surface area (Å²) < 4.78 is 6.55. The highest BCUT2D eigenvalue weighted by molar-refractivity contribution is 6.37. The molecule has 1 unspecified atom stereocenters. The molecule has 0 saturated carbocycles. The van der Waals surface area contributed by atoms with E-state index in [9.17, 15) is 19.2 Å². The van der Waals surface area contributed by atoms with Crippen molar-refractivity contribution in [3.05, 3.63) is 76.4 Å². The molecule has 31 heavy (non-hydrogen) atoms. The van der Waals surface area contributed by atoms with Crippen molar-refractivity contribution in [2.24, 2.45) is 0 Å². The van der Waals surface area contributed by atoms with Gasteiger partial charge in [0.05, 0.1) is 15.7 Å². The molecule has 3 aromatic rings. The predicted molar refractivity (Wildman–Crippen MR) is 111 cm³/mol. The molecule has 0 radical (unpaired) electrons. The molecule has 12 heteroatoms. The number of aromatic carboxylic acids is 1.